The molecule has 20 heavy (non-hydrogen) atoms. The van der Waals surface area contributed by atoms with Crippen LogP contribution in [0, 0.1) is 12.7 Å². The predicted molar refractivity (Wildman–Crippen MR) is 82.5 cm³/mol. The van der Waals surface area contributed by atoms with Gasteiger partial charge in [0.05, 0.1) is 0 Å². The summed E-state index contributed by atoms with van der Waals surface area (Å²) >= 11 is 0. The molecule has 1 aromatic rings. The molecule has 3 heteroatoms. The highest BCUT2D eigenvalue weighted by Gasteiger charge is 2.24. The molecule has 0 saturated carbocycles. The van der Waals surface area contributed by atoms with Crippen LogP contribution in [0.15, 0.2) is 18.2 Å². The van der Waals surface area contributed by atoms with Crippen molar-refractivity contribution in [1.82, 2.24) is 10.2 Å². The van der Waals surface area contributed by atoms with Gasteiger partial charge < -0.3 is 5.32 Å². The summed E-state index contributed by atoms with van der Waals surface area (Å²) in [6, 6.07) is 5.94. The summed E-state index contributed by atoms with van der Waals surface area (Å²) in [6.07, 6.45) is 4.69. The maximum atomic E-state index is 14.3. The lowest BCUT2D eigenvalue weighted by molar-refractivity contribution is 0.159. The third-order valence-electron chi connectivity index (χ3n) is 4.19. The molecule has 2 rings (SSSR count). The van der Waals surface area contributed by atoms with Crippen molar-refractivity contribution in [2.24, 2.45) is 0 Å². The van der Waals surface area contributed by atoms with Crippen LogP contribution in [-0.4, -0.2) is 31.1 Å². The Labute approximate surface area is 122 Å². The molecule has 0 amide bonds. The van der Waals surface area contributed by atoms with Gasteiger partial charge in [-0.15, -0.1) is 0 Å². The van der Waals surface area contributed by atoms with E-state index in [1.165, 1.54) is 19.3 Å². The summed E-state index contributed by atoms with van der Waals surface area (Å²) in [4.78, 5) is 2.44. The van der Waals surface area contributed by atoms with Crippen LogP contribution < -0.4 is 5.32 Å². The maximum absolute atomic E-state index is 14.3. The number of benzene rings is 1. The third kappa shape index (κ3) is 4.03. The molecule has 1 aliphatic heterocycles. The van der Waals surface area contributed by atoms with Gasteiger partial charge in [0.15, 0.2) is 0 Å². The van der Waals surface area contributed by atoms with Crippen LogP contribution in [0.3, 0.4) is 0 Å². The number of nitrogens with zero attached hydrogens (tertiary/aromatic N) is 1. The molecule has 2 nitrogen and oxygen atoms in total. The molecular formula is C17H27FN2. The normalized spacial score (nSPS) is 18.1. The first-order chi connectivity index (χ1) is 9.72. The molecule has 1 N–H and O–H groups in total. The summed E-state index contributed by atoms with van der Waals surface area (Å²) in [6.45, 7) is 8.22. The van der Waals surface area contributed by atoms with E-state index < -0.39 is 0 Å². The van der Waals surface area contributed by atoms with Gasteiger partial charge in [0.2, 0.25) is 0 Å². The topological polar surface area (TPSA) is 15.3 Å². The predicted octanol–water partition coefficient (Wildman–Crippen LogP) is 3.66. The van der Waals surface area contributed by atoms with E-state index in [0.29, 0.717) is 0 Å². The van der Waals surface area contributed by atoms with Crippen LogP contribution in [0.25, 0.3) is 0 Å². The first-order valence-corrected chi connectivity index (χ1v) is 7.93. The second kappa shape index (κ2) is 7.75. The van der Waals surface area contributed by atoms with E-state index in [4.69, 9.17) is 0 Å². The first-order valence-electron chi connectivity index (χ1n) is 7.93. The highest BCUT2D eigenvalue weighted by molar-refractivity contribution is 5.26. The van der Waals surface area contributed by atoms with Crippen molar-refractivity contribution in [3.05, 3.63) is 35.1 Å². The summed E-state index contributed by atoms with van der Waals surface area (Å²) in [7, 11) is 0. The number of halogens is 1. The molecule has 0 bridgehead atoms. The zero-order chi connectivity index (χ0) is 14.4. The Bertz CT molecular complexity index is 413. The maximum Gasteiger partial charge on any atom is 0.128 e. The van der Waals surface area contributed by atoms with E-state index in [2.05, 4.69) is 17.1 Å². The largest absolute Gasteiger partial charge is 0.314 e. The second-order valence-electron chi connectivity index (χ2n) is 5.82. The van der Waals surface area contributed by atoms with E-state index in [0.717, 1.165) is 43.7 Å². The summed E-state index contributed by atoms with van der Waals surface area (Å²) in [5.74, 6) is -0.0370. The smallest absolute Gasteiger partial charge is 0.128 e. The van der Waals surface area contributed by atoms with E-state index in [-0.39, 0.29) is 11.9 Å². The van der Waals surface area contributed by atoms with Crippen LogP contribution in [0.1, 0.15) is 49.8 Å². The van der Waals surface area contributed by atoms with Crippen LogP contribution in [0.4, 0.5) is 4.39 Å². The SMILES string of the molecule is CCCCC[C@H](c1ccc(C)cc1F)N1CCNCC1. The number of unbranched alkanes of at least 4 members (excludes halogenated alkanes) is 2. The van der Waals surface area contributed by atoms with Gasteiger partial charge in [-0.2, -0.15) is 0 Å². The fourth-order valence-electron chi connectivity index (χ4n) is 3.02. The highest BCUT2D eigenvalue weighted by atomic mass is 19.1. The molecular weight excluding hydrogens is 251 g/mol. The minimum atomic E-state index is -0.0370. The fraction of sp³-hybridized carbons (Fsp3) is 0.647. The van der Waals surface area contributed by atoms with Gasteiger partial charge >= 0.3 is 0 Å². The number of nitrogens with one attached hydrogen (secondary N) is 1. The number of aryl methyl sites for hydroxylation is 1. The standard InChI is InChI=1S/C17H27FN2/c1-3-4-5-6-17(20-11-9-19-10-12-20)15-8-7-14(2)13-16(15)18/h7-8,13,17,19H,3-6,9-12H2,1-2H3/t17-/m1/s1. The van der Waals surface area contributed by atoms with E-state index in [1.807, 2.05) is 19.1 Å². The van der Waals surface area contributed by atoms with Gasteiger partial charge in [-0.1, -0.05) is 38.3 Å². The van der Waals surface area contributed by atoms with Crippen molar-refractivity contribution in [3.8, 4) is 0 Å². The van der Waals surface area contributed by atoms with E-state index in [1.54, 1.807) is 6.07 Å². The van der Waals surface area contributed by atoms with Crippen molar-refractivity contribution in [2.45, 2.75) is 45.6 Å². The second-order valence-corrected chi connectivity index (χ2v) is 5.82. The van der Waals surface area contributed by atoms with Gasteiger partial charge in [0.25, 0.3) is 0 Å². The molecule has 0 radical (unpaired) electrons. The van der Waals surface area contributed by atoms with Gasteiger partial charge in [-0.05, 0) is 25.0 Å². The molecule has 1 aromatic carbocycles. The van der Waals surface area contributed by atoms with Gasteiger partial charge in [0.1, 0.15) is 5.82 Å². The lowest BCUT2D eigenvalue weighted by Gasteiger charge is -2.35. The number of hydrogen-bond acceptors (Lipinski definition) is 2. The summed E-state index contributed by atoms with van der Waals surface area (Å²) in [5, 5.41) is 3.38. The fourth-order valence-corrected chi connectivity index (χ4v) is 3.02. The third-order valence-corrected chi connectivity index (χ3v) is 4.19. The molecule has 0 aliphatic carbocycles. The lowest BCUT2D eigenvalue weighted by atomic mass is 9.96. The van der Waals surface area contributed by atoms with Crippen molar-refractivity contribution in [1.29, 1.82) is 0 Å². The average Bonchev–Trinajstić information content (AvgIpc) is 2.46. The number of rotatable bonds is 6. The van der Waals surface area contributed by atoms with Gasteiger partial charge in [-0.3, -0.25) is 4.90 Å². The first kappa shape index (κ1) is 15.5. The van der Waals surface area contributed by atoms with Crippen molar-refractivity contribution in [2.75, 3.05) is 26.2 Å². The Hall–Kier alpha value is -0.930. The molecule has 1 heterocycles. The molecule has 0 unspecified atom stereocenters. The van der Waals surface area contributed by atoms with Crippen LogP contribution in [0.2, 0.25) is 0 Å². The molecule has 1 saturated heterocycles. The Morgan fingerprint density at radius 1 is 1.25 bits per heavy atom. The zero-order valence-corrected chi connectivity index (χ0v) is 12.8. The molecule has 0 aromatic heterocycles. The Balaban J connectivity index is 2.15. The van der Waals surface area contributed by atoms with Gasteiger partial charge in [0, 0.05) is 37.8 Å². The van der Waals surface area contributed by atoms with E-state index in [9.17, 15) is 4.39 Å². The quantitative estimate of drug-likeness (QED) is 0.799. The molecule has 112 valence electrons. The van der Waals surface area contributed by atoms with E-state index >= 15 is 0 Å². The lowest BCUT2D eigenvalue weighted by Crippen LogP contribution is -2.45. The Morgan fingerprint density at radius 3 is 2.65 bits per heavy atom. The van der Waals surface area contributed by atoms with Crippen molar-refractivity contribution in [3.63, 3.8) is 0 Å². The van der Waals surface area contributed by atoms with Crippen molar-refractivity contribution >= 4 is 0 Å². The summed E-state index contributed by atoms with van der Waals surface area (Å²) < 4.78 is 14.3. The molecule has 0 spiro atoms. The summed E-state index contributed by atoms with van der Waals surface area (Å²) in [5.41, 5.74) is 1.88. The average molecular weight is 278 g/mol. The number of hydrogen-bond donors (Lipinski definition) is 1. The molecule has 1 atom stereocenters. The minimum Gasteiger partial charge on any atom is -0.314 e. The van der Waals surface area contributed by atoms with Crippen molar-refractivity contribution < 1.29 is 4.39 Å². The van der Waals surface area contributed by atoms with Crippen LogP contribution in [0.5, 0.6) is 0 Å². The number of piperazine rings is 1. The Kier molecular flexibility index (Phi) is 5.99. The van der Waals surface area contributed by atoms with Gasteiger partial charge in [-0.25, -0.2) is 4.39 Å². The molecule has 1 fully saturated rings. The minimum absolute atomic E-state index is 0.0370. The highest BCUT2D eigenvalue weighted by Crippen LogP contribution is 2.29. The Morgan fingerprint density at radius 2 is 2.00 bits per heavy atom. The zero-order valence-electron chi connectivity index (χ0n) is 12.8. The van der Waals surface area contributed by atoms with Crippen LogP contribution >= 0.6 is 0 Å². The monoisotopic (exact) mass is 278 g/mol. The van der Waals surface area contributed by atoms with Crippen LogP contribution in [-0.2, 0) is 0 Å². The molecule has 1 aliphatic rings.